The summed E-state index contributed by atoms with van der Waals surface area (Å²) in [6, 6.07) is 14.5. The molecule has 0 heterocycles. The molecule has 0 saturated heterocycles. The highest BCUT2D eigenvalue weighted by Crippen LogP contribution is 2.15. The second-order valence-corrected chi connectivity index (χ2v) is 5.22. The topological polar surface area (TPSA) is 69.6 Å². The number of benzene rings is 2. The highest BCUT2D eigenvalue weighted by Gasteiger charge is 2.31. The van der Waals surface area contributed by atoms with Crippen molar-refractivity contribution >= 4 is 5.91 Å². The highest BCUT2D eigenvalue weighted by molar-refractivity contribution is 5.94. The number of aliphatic hydroxyl groups is 2. The smallest absolute Gasteiger partial charge is 0.251 e. The van der Waals surface area contributed by atoms with Crippen molar-refractivity contribution in [3.8, 4) is 0 Å². The van der Waals surface area contributed by atoms with Crippen LogP contribution < -0.4 is 5.32 Å². The fourth-order valence-electron chi connectivity index (χ4n) is 2.21. The summed E-state index contributed by atoms with van der Waals surface area (Å²) in [6.45, 7) is -0.862. The standard InChI is InChI=1S/C17H18FNO3/c18-15-8-4-7-14(9-15)16(22)19-17(11-20,12-21)10-13-5-2-1-3-6-13/h1-9,20-21H,10-12H2,(H,19,22). The number of carbonyl (C=O) groups is 1. The molecule has 3 N–H and O–H groups in total. The quantitative estimate of drug-likeness (QED) is 0.758. The molecule has 0 unspecified atom stereocenters. The van der Waals surface area contributed by atoms with E-state index in [1.165, 1.54) is 18.2 Å². The maximum atomic E-state index is 13.2. The number of nitrogens with one attached hydrogen (secondary N) is 1. The van der Waals surface area contributed by atoms with Gasteiger partial charge in [-0.3, -0.25) is 4.79 Å². The van der Waals surface area contributed by atoms with Crippen molar-refractivity contribution in [3.63, 3.8) is 0 Å². The molecule has 0 aliphatic rings. The summed E-state index contributed by atoms with van der Waals surface area (Å²) in [5, 5.41) is 21.9. The van der Waals surface area contributed by atoms with Crippen LogP contribution in [-0.4, -0.2) is 34.9 Å². The minimum absolute atomic E-state index is 0.138. The SMILES string of the molecule is O=C(NC(CO)(CO)Cc1ccccc1)c1cccc(F)c1. The van der Waals surface area contributed by atoms with Crippen LogP contribution in [-0.2, 0) is 6.42 Å². The van der Waals surface area contributed by atoms with Crippen molar-refractivity contribution < 1.29 is 19.4 Å². The van der Waals surface area contributed by atoms with Gasteiger partial charge >= 0.3 is 0 Å². The molecule has 0 saturated carbocycles. The van der Waals surface area contributed by atoms with Crippen molar-refractivity contribution in [3.05, 3.63) is 71.5 Å². The van der Waals surface area contributed by atoms with Gasteiger partial charge in [0.1, 0.15) is 5.82 Å². The highest BCUT2D eigenvalue weighted by atomic mass is 19.1. The number of rotatable bonds is 6. The van der Waals surface area contributed by atoms with Gasteiger partial charge in [0.2, 0.25) is 0 Å². The van der Waals surface area contributed by atoms with Gasteiger partial charge in [0, 0.05) is 12.0 Å². The monoisotopic (exact) mass is 303 g/mol. The molecule has 5 heteroatoms. The van der Waals surface area contributed by atoms with E-state index in [-0.39, 0.29) is 12.0 Å². The van der Waals surface area contributed by atoms with Crippen LogP contribution in [0.15, 0.2) is 54.6 Å². The van der Waals surface area contributed by atoms with E-state index in [0.29, 0.717) is 0 Å². The fraction of sp³-hybridized carbons (Fsp3) is 0.235. The molecule has 0 aliphatic heterocycles. The molecule has 22 heavy (non-hydrogen) atoms. The fourth-order valence-corrected chi connectivity index (χ4v) is 2.21. The Morgan fingerprint density at radius 2 is 1.73 bits per heavy atom. The van der Waals surface area contributed by atoms with Gasteiger partial charge in [-0.25, -0.2) is 4.39 Å². The molecule has 2 rings (SSSR count). The predicted molar refractivity (Wildman–Crippen MR) is 80.9 cm³/mol. The molecule has 0 aliphatic carbocycles. The lowest BCUT2D eigenvalue weighted by Gasteiger charge is -2.31. The Labute approximate surface area is 128 Å². The number of hydrogen-bond acceptors (Lipinski definition) is 3. The number of carbonyl (C=O) groups excluding carboxylic acids is 1. The van der Waals surface area contributed by atoms with Crippen LogP contribution in [0.2, 0.25) is 0 Å². The Kier molecular flexibility index (Phi) is 5.25. The van der Waals surface area contributed by atoms with Crippen LogP contribution in [0.3, 0.4) is 0 Å². The summed E-state index contributed by atoms with van der Waals surface area (Å²) < 4.78 is 13.2. The largest absolute Gasteiger partial charge is 0.394 e. The van der Waals surface area contributed by atoms with E-state index in [2.05, 4.69) is 5.32 Å². The van der Waals surface area contributed by atoms with Crippen LogP contribution in [0.5, 0.6) is 0 Å². The number of amides is 1. The lowest BCUT2D eigenvalue weighted by atomic mass is 9.91. The van der Waals surface area contributed by atoms with Crippen LogP contribution in [0.1, 0.15) is 15.9 Å². The maximum Gasteiger partial charge on any atom is 0.251 e. The van der Waals surface area contributed by atoms with E-state index >= 15 is 0 Å². The number of hydrogen-bond donors (Lipinski definition) is 3. The van der Waals surface area contributed by atoms with Gasteiger partial charge in [-0.2, -0.15) is 0 Å². The van der Waals surface area contributed by atoms with E-state index in [0.717, 1.165) is 11.6 Å². The minimum Gasteiger partial charge on any atom is -0.394 e. The first kappa shape index (κ1) is 16.1. The van der Waals surface area contributed by atoms with Gasteiger partial charge < -0.3 is 15.5 Å². The van der Waals surface area contributed by atoms with Gasteiger partial charge in [0.05, 0.1) is 18.8 Å². The molecule has 0 bridgehead atoms. The molecule has 1 amide bonds. The molecule has 0 atom stereocenters. The van der Waals surface area contributed by atoms with Gasteiger partial charge in [0.15, 0.2) is 0 Å². The van der Waals surface area contributed by atoms with Crippen molar-refractivity contribution in [1.29, 1.82) is 0 Å². The molecular weight excluding hydrogens is 285 g/mol. The minimum atomic E-state index is -1.20. The third-order valence-corrected chi connectivity index (χ3v) is 3.46. The van der Waals surface area contributed by atoms with Crippen LogP contribution in [0, 0.1) is 5.82 Å². The Hall–Kier alpha value is -2.24. The summed E-state index contributed by atoms with van der Waals surface area (Å²) in [4.78, 5) is 12.2. The molecule has 0 fully saturated rings. The zero-order chi connectivity index (χ0) is 16.0. The van der Waals surface area contributed by atoms with Crippen molar-refractivity contribution in [2.75, 3.05) is 13.2 Å². The second kappa shape index (κ2) is 7.15. The van der Waals surface area contributed by atoms with E-state index in [1.807, 2.05) is 30.3 Å². The van der Waals surface area contributed by atoms with Gasteiger partial charge in [-0.05, 0) is 23.8 Å². The first-order chi connectivity index (χ1) is 10.6. The molecule has 0 aromatic heterocycles. The summed E-state index contributed by atoms with van der Waals surface area (Å²) in [5.41, 5.74) is -0.199. The second-order valence-electron chi connectivity index (χ2n) is 5.22. The van der Waals surface area contributed by atoms with Gasteiger partial charge in [-0.15, -0.1) is 0 Å². The average Bonchev–Trinajstić information content (AvgIpc) is 2.55. The third-order valence-electron chi connectivity index (χ3n) is 3.46. The van der Waals surface area contributed by atoms with Crippen LogP contribution in [0.25, 0.3) is 0 Å². The zero-order valence-electron chi connectivity index (χ0n) is 12.0. The first-order valence-corrected chi connectivity index (χ1v) is 6.92. The van der Waals surface area contributed by atoms with E-state index in [1.54, 1.807) is 0 Å². The molecule has 2 aromatic carbocycles. The summed E-state index contributed by atoms with van der Waals surface area (Å²) in [6.07, 6.45) is 0.266. The Morgan fingerprint density at radius 3 is 2.32 bits per heavy atom. The van der Waals surface area contributed by atoms with Crippen LogP contribution >= 0.6 is 0 Å². The first-order valence-electron chi connectivity index (χ1n) is 6.92. The van der Waals surface area contributed by atoms with Crippen molar-refractivity contribution in [1.82, 2.24) is 5.32 Å². The molecular formula is C17H18FNO3. The normalized spacial score (nSPS) is 11.2. The summed E-state index contributed by atoms with van der Waals surface area (Å²) in [5.74, 6) is -1.06. The molecule has 0 radical (unpaired) electrons. The van der Waals surface area contributed by atoms with E-state index < -0.39 is 30.5 Å². The summed E-state index contributed by atoms with van der Waals surface area (Å²) in [7, 11) is 0. The molecule has 116 valence electrons. The number of aliphatic hydroxyl groups excluding tert-OH is 2. The Balaban J connectivity index is 2.19. The van der Waals surface area contributed by atoms with E-state index in [4.69, 9.17) is 0 Å². The summed E-state index contributed by atoms with van der Waals surface area (Å²) >= 11 is 0. The third kappa shape index (κ3) is 3.90. The van der Waals surface area contributed by atoms with Crippen molar-refractivity contribution in [2.24, 2.45) is 0 Å². The maximum absolute atomic E-state index is 13.2. The molecule has 4 nitrogen and oxygen atoms in total. The lowest BCUT2D eigenvalue weighted by molar-refractivity contribution is 0.0667. The van der Waals surface area contributed by atoms with Gasteiger partial charge in [0.25, 0.3) is 5.91 Å². The Bertz CT molecular complexity index is 627. The molecule has 2 aromatic rings. The molecule has 0 spiro atoms. The predicted octanol–water partition coefficient (Wildman–Crippen LogP) is 1.52. The van der Waals surface area contributed by atoms with Crippen molar-refractivity contribution in [2.45, 2.75) is 12.0 Å². The number of halogens is 1. The van der Waals surface area contributed by atoms with Gasteiger partial charge in [-0.1, -0.05) is 36.4 Å². The zero-order valence-corrected chi connectivity index (χ0v) is 12.0. The van der Waals surface area contributed by atoms with E-state index in [9.17, 15) is 19.4 Å². The Morgan fingerprint density at radius 1 is 1.05 bits per heavy atom. The lowest BCUT2D eigenvalue weighted by Crippen LogP contribution is -2.55. The average molecular weight is 303 g/mol. The van der Waals surface area contributed by atoms with Crippen LogP contribution in [0.4, 0.5) is 4.39 Å².